The number of benzene rings is 1. The van der Waals surface area contributed by atoms with Gasteiger partial charge in [-0.2, -0.15) is 8.78 Å². The van der Waals surface area contributed by atoms with Gasteiger partial charge in [-0.1, -0.05) is 18.2 Å². The molecule has 2 aromatic rings. The summed E-state index contributed by atoms with van der Waals surface area (Å²) in [7, 11) is 0. The molecule has 0 bridgehead atoms. The van der Waals surface area contributed by atoms with Crippen molar-refractivity contribution in [2.45, 2.75) is 19.6 Å². The van der Waals surface area contributed by atoms with Crippen LogP contribution in [0.5, 0.6) is 0 Å². The largest absolute Gasteiger partial charge is 0.396 e. The lowest BCUT2D eigenvalue weighted by Crippen LogP contribution is -2.23. The Morgan fingerprint density at radius 3 is 2.84 bits per heavy atom. The van der Waals surface area contributed by atoms with Crippen LogP contribution in [0.3, 0.4) is 0 Å². The molecule has 0 amide bonds. The number of anilines is 2. The number of fused-ring (bicyclic) bond motifs is 1. The number of para-hydroxylation sites is 1. The van der Waals surface area contributed by atoms with E-state index in [1.54, 1.807) is 13.1 Å². The number of alkyl halides is 2. The highest BCUT2D eigenvalue weighted by molar-refractivity contribution is 5.96. The smallest absolute Gasteiger partial charge is 0.345 e. The third-order valence-corrected chi connectivity index (χ3v) is 2.67. The van der Waals surface area contributed by atoms with Crippen molar-refractivity contribution in [1.82, 2.24) is 4.98 Å². The Balaban J connectivity index is 2.21. The first kappa shape index (κ1) is 13.5. The van der Waals surface area contributed by atoms with Gasteiger partial charge in [-0.05, 0) is 13.0 Å². The van der Waals surface area contributed by atoms with E-state index in [0.29, 0.717) is 11.4 Å². The zero-order chi connectivity index (χ0) is 13.8. The molecule has 0 aliphatic rings. The third kappa shape index (κ3) is 3.29. The van der Waals surface area contributed by atoms with Crippen molar-refractivity contribution < 1.29 is 13.5 Å². The number of halogens is 2. The van der Waals surface area contributed by atoms with E-state index in [0.717, 1.165) is 10.9 Å². The highest BCUT2D eigenvalue weighted by atomic mass is 19.3. The molecule has 0 spiro atoms. The molecule has 0 saturated heterocycles. The van der Waals surface area contributed by atoms with Crippen LogP contribution in [-0.2, 0) is 4.74 Å². The first-order valence-corrected chi connectivity index (χ1v) is 5.87. The van der Waals surface area contributed by atoms with Crippen LogP contribution in [-0.4, -0.2) is 24.2 Å². The molecule has 0 radical (unpaired) electrons. The molecule has 2 rings (SSSR count). The third-order valence-electron chi connectivity index (χ3n) is 2.67. The van der Waals surface area contributed by atoms with E-state index in [2.05, 4.69) is 15.0 Å². The van der Waals surface area contributed by atoms with Crippen LogP contribution in [0.15, 0.2) is 30.5 Å². The average Bonchev–Trinajstić information content (AvgIpc) is 2.40. The van der Waals surface area contributed by atoms with Gasteiger partial charge in [-0.25, -0.2) is 0 Å². The normalized spacial score (nSPS) is 12.8. The average molecular weight is 267 g/mol. The number of pyridine rings is 1. The summed E-state index contributed by atoms with van der Waals surface area (Å²) in [5.74, 6) is 0. The van der Waals surface area contributed by atoms with Crippen molar-refractivity contribution in [3.8, 4) is 0 Å². The van der Waals surface area contributed by atoms with Gasteiger partial charge in [0.05, 0.1) is 29.7 Å². The summed E-state index contributed by atoms with van der Waals surface area (Å²) >= 11 is 0. The molecule has 1 aromatic heterocycles. The van der Waals surface area contributed by atoms with Crippen LogP contribution in [0.1, 0.15) is 6.92 Å². The minimum Gasteiger partial charge on any atom is -0.396 e. The Labute approximate surface area is 109 Å². The molecule has 102 valence electrons. The van der Waals surface area contributed by atoms with Crippen LogP contribution in [0.25, 0.3) is 10.9 Å². The first-order chi connectivity index (χ1) is 9.08. The number of nitrogens with one attached hydrogen (secondary N) is 1. The van der Waals surface area contributed by atoms with Gasteiger partial charge in [0.2, 0.25) is 0 Å². The van der Waals surface area contributed by atoms with Gasteiger partial charge in [-0.3, -0.25) is 4.98 Å². The van der Waals surface area contributed by atoms with E-state index in [-0.39, 0.29) is 12.6 Å². The quantitative estimate of drug-likeness (QED) is 0.874. The lowest BCUT2D eigenvalue weighted by Gasteiger charge is -2.18. The molecule has 19 heavy (non-hydrogen) atoms. The van der Waals surface area contributed by atoms with Gasteiger partial charge in [-0.15, -0.1) is 0 Å². The van der Waals surface area contributed by atoms with Gasteiger partial charge in [0.1, 0.15) is 0 Å². The zero-order valence-corrected chi connectivity index (χ0v) is 10.4. The number of rotatable bonds is 5. The van der Waals surface area contributed by atoms with Crippen LogP contribution in [0, 0.1) is 0 Å². The van der Waals surface area contributed by atoms with Crippen molar-refractivity contribution >= 4 is 22.3 Å². The van der Waals surface area contributed by atoms with Crippen molar-refractivity contribution in [2.24, 2.45) is 0 Å². The van der Waals surface area contributed by atoms with Crippen molar-refractivity contribution in [2.75, 3.05) is 17.7 Å². The highest BCUT2D eigenvalue weighted by Crippen LogP contribution is 2.28. The molecule has 4 nitrogen and oxygen atoms in total. The van der Waals surface area contributed by atoms with Crippen molar-refractivity contribution in [3.63, 3.8) is 0 Å². The molecule has 0 aliphatic carbocycles. The Hall–Kier alpha value is -1.95. The molecule has 0 aliphatic heterocycles. The Morgan fingerprint density at radius 2 is 2.11 bits per heavy atom. The topological polar surface area (TPSA) is 60.2 Å². The van der Waals surface area contributed by atoms with E-state index in [4.69, 9.17) is 5.73 Å². The molecule has 1 heterocycles. The molecule has 6 heteroatoms. The molecule has 0 unspecified atom stereocenters. The lowest BCUT2D eigenvalue weighted by atomic mass is 10.1. The number of nitrogens with zero attached hydrogens (tertiary/aromatic N) is 1. The maximum atomic E-state index is 12.0. The Bertz CT molecular complexity index is 563. The molecular weight excluding hydrogens is 252 g/mol. The Kier molecular flexibility index (Phi) is 4.11. The van der Waals surface area contributed by atoms with E-state index in [1.165, 1.54) is 0 Å². The maximum Gasteiger partial charge on any atom is 0.345 e. The van der Waals surface area contributed by atoms with Crippen molar-refractivity contribution in [3.05, 3.63) is 30.5 Å². The van der Waals surface area contributed by atoms with Crippen LogP contribution < -0.4 is 11.1 Å². The molecule has 1 aromatic carbocycles. The monoisotopic (exact) mass is 267 g/mol. The van der Waals surface area contributed by atoms with Crippen LogP contribution in [0.2, 0.25) is 0 Å². The predicted octanol–water partition coefficient (Wildman–Crippen LogP) is 2.86. The van der Waals surface area contributed by atoms with Gasteiger partial charge >= 0.3 is 6.61 Å². The van der Waals surface area contributed by atoms with E-state index < -0.39 is 6.61 Å². The minimum absolute atomic E-state index is 0.103. The van der Waals surface area contributed by atoms with Gasteiger partial charge in [0, 0.05) is 11.4 Å². The highest BCUT2D eigenvalue weighted by Gasteiger charge is 2.11. The standard InChI is InChI=1S/C13H15F2N3O/c1-8(7-19-13(14)15)18-12-9-4-2-3-5-11(9)17-6-10(12)16/h2-6,8,13H,7,16H2,1H3,(H,17,18)/t8-/m1/s1. The van der Waals surface area contributed by atoms with Crippen LogP contribution >= 0.6 is 0 Å². The van der Waals surface area contributed by atoms with E-state index in [1.807, 2.05) is 24.3 Å². The number of nitrogen functional groups attached to an aromatic ring is 1. The van der Waals surface area contributed by atoms with E-state index >= 15 is 0 Å². The van der Waals surface area contributed by atoms with E-state index in [9.17, 15) is 8.78 Å². The fourth-order valence-corrected chi connectivity index (χ4v) is 1.82. The summed E-state index contributed by atoms with van der Waals surface area (Å²) in [4.78, 5) is 4.21. The van der Waals surface area contributed by atoms with Crippen molar-refractivity contribution in [1.29, 1.82) is 0 Å². The molecule has 3 N–H and O–H groups in total. The minimum atomic E-state index is -2.77. The second kappa shape index (κ2) is 5.79. The number of ether oxygens (including phenoxy) is 1. The van der Waals surface area contributed by atoms with Gasteiger partial charge in [0.15, 0.2) is 0 Å². The van der Waals surface area contributed by atoms with Crippen LogP contribution in [0.4, 0.5) is 20.2 Å². The van der Waals surface area contributed by atoms with Gasteiger partial charge in [0.25, 0.3) is 0 Å². The molecule has 0 fully saturated rings. The Morgan fingerprint density at radius 1 is 1.37 bits per heavy atom. The van der Waals surface area contributed by atoms with Gasteiger partial charge < -0.3 is 15.8 Å². The summed E-state index contributed by atoms with van der Waals surface area (Å²) in [5.41, 5.74) is 7.84. The molecular formula is C13H15F2N3O. The summed E-state index contributed by atoms with van der Waals surface area (Å²) < 4.78 is 28.2. The summed E-state index contributed by atoms with van der Waals surface area (Å²) in [6.45, 7) is -1.12. The summed E-state index contributed by atoms with van der Waals surface area (Å²) in [6, 6.07) is 7.19. The first-order valence-electron chi connectivity index (χ1n) is 5.87. The number of aromatic nitrogens is 1. The second-order valence-electron chi connectivity index (χ2n) is 4.25. The lowest BCUT2D eigenvalue weighted by molar-refractivity contribution is -0.130. The molecule has 0 saturated carbocycles. The molecule has 1 atom stereocenters. The predicted molar refractivity (Wildman–Crippen MR) is 71.2 cm³/mol. The summed E-state index contributed by atoms with van der Waals surface area (Å²) in [6.07, 6.45) is 1.55. The second-order valence-corrected chi connectivity index (χ2v) is 4.25. The fraction of sp³-hybridized carbons (Fsp3) is 0.308. The SMILES string of the molecule is C[C@H](COC(F)F)Nc1c(N)cnc2ccccc12. The number of nitrogens with two attached hydrogens (primary N) is 1. The fourth-order valence-electron chi connectivity index (χ4n) is 1.82. The summed E-state index contributed by atoms with van der Waals surface area (Å²) in [5, 5.41) is 3.94. The number of hydrogen-bond acceptors (Lipinski definition) is 4. The zero-order valence-electron chi connectivity index (χ0n) is 10.4. The number of hydrogen-bond donors (Lipinski definition) is 2. The maximum absolute atomic E-state index is 12.0.